The van der Waals surface area contributed by atoms with Gasteiger partial charge in [-0.2, -0.15) is 5.10 Å². The molecule has 3 unspecified atom stereocenters. The summed E-state index contributed by atoms with van der Waals surface area (Å²) in [4.78, 5) is 4.34. The van der Waals surface area contributed by atoms with Gasteiger partial charge in [-0.25, -0.2) is 9.67 Å². The van der Waals surface area contributed by atoms with Crippen LogP contribution < -0.4 is 5.32 Å². The van der Waals surface area contributed by atoms with Crippen molar-refractivity contribution in [1.82, 2.24) is 20.1 Å². The molecule has 0 bridgehead atoms. The second kappa shape index (κ2) is 6.57. The van der Waals surface area contributed by atoms with Crippen molar-refractivity contribution >= 4 is 11.8 Å². The number of aromatic nitrogens is 3. The molecule has 1 heterocycles. The molecule has 4 nitrogen and oxygen atoms in total. The van der Waals surface area contributed by atoms with E-state index in [-0.39, 0.29) is 0 Å². The van der Waals surface area contributed by atoms with E-state index in [1.54, 1.807) is 6.33 Å². The Labute approximate surface area is 114 Å². The predicted octanol–water partition coefficient (Wildman–Crippen LogP) is 2.46. The first-order valence-corrected chi connectivity index (χ1v) is 7.86. The maximum absolute atomic E-state index is 4.34. The molecule has 1 saturated carbocycles. The molecule has 0 aliphatic heterocycles. The van der Waals surface area contributed by atoms with Crippen molar-refractivity contribution in [2.75, 3.05) is 6.54 Å². The Morgan fingerprint density at radius 1 is 1.44 bits per heavy atom. The Bertz CT molecular complexity index is 366. The van der Waals surface area contributed by atoms with E-state index in [2.05, 4.69) is 29.2 Å². The van der Waals surface area contributed by atoms with Crippen molar-refractivity contribution in [3.05, 3.63) is 6.33 Å². The highest BCUT2D eigenvalue weighted by Gasteiger charge is 2.30. The van der Waals surface area contributed by atoms with Crippen LogP contribution in [0.15, 0.2) is 11.5 Å². The van der Waals surface area contributed by atoms with Gasteiger partial charge in [-0.3, -0.25) is 0 Å². The number of nitrogens with zero attached hydrogens (tertiary/aromatic N) is 3. The first kappa shape index (κ1) is 13.9. The molecule has 1 N–H and O–H groups in total. The number of hydrogen-bond acceptors (Lipinski definition) is 4. The minimum Gasteiger partial charge on any atom is -0.313 e. The summed E-state index contributed by atoms with van der Waals surface area (Å²) in [5, 5.41) is 9.46. The van der Waals surface area contributed by atoms with Gasteiger partial charge in [0.25, 0.3) is 0 Å². The third-order valence-electron chi connectivity index (χ3n) is 3.87. The summed E-state index contributed by atoms with van der Waals surface area (Å²) >= 11 is 1.89. The van der Waals surface area contributed by atoms with E-state index in [9.17, 15) is 0 Å². The zero-order valence-corrected chi connectivity index (χ0v) is 12.4. The Balaban J connectivity index is 2.02. The van der Waals surface area contributed by atoms with Gasteiger partial charge in [-0.1, -0.05) is 32.0 Å². The van der Waals surface area contributed by atoms with Gasteiger partial charge >= 0.3 is 0 Å². The lowest BCUT2D eigenvalue weighted by atomic mass is 9.84. The molecule has 0 saturated heterocycles. The molecule has 1 aliphatic carbocycles. The number of nitrogens with one attached hydrogen (secondary N) is 1. The molecule has 3 atom stereocenters. The minimum atomic E-state index is 0.625. The van der Waals surface area contributed by atoms with E-state index in [4.69, 9.17) is 0 Å². The molecule has 1 aromatic rings. The van der Waals surface area contributed by atoms with Crippen LogP contribution in [0.25, 0.3) is 0 Å². The standard InChI is InChI=1S/C13H24N4S/c1-4-10-6-7-11(14-5-2)12(8-10)18-13-15-9-16-17(13)3/h9-12,14H,4-8H2,1-3H3. The van der Waals surface area contributed by atoms with E-state index in [0.29, 0.717) is 11.3 Å². The molecule has 1 aliphatic rings. The van der Waals surface area contributed by atoms with E-state index >= 15 is 0 Å². The molecule has 102 valence electrons. The van der Waals surface area contributed by atoms with Crippen molar-refractivity contribution < 1.29 is 0 Å². The maximum Gasteiger partial charge on any atom is 0.186 e. The molecule has 0 aromatic carbocycles. The quantitative estimate of drug-likeness (QED) is 0.891. The third kappa shape index (κ3) is 3.26. The van der Waals surface area contributed by atoms with Gasteiger partial charge in [0, 0.05) is 18.3 Å². The third-order valence-corrected chi connectivity index (χ3v) is 5.27. The monoisotopic (exact) mass is 268 g/mol. The van der Waals surface area contributed by atoms with E-state index in [1.165, 1.54) is 25.7 Å². The summed E-state index contributed by atoms with van der Waals surface area (Å²) in [7, 11) is 1.97. The van der Waals surface area contributed by atoms with Crippen LogP contribution in [0, 0.1) is 5.92 Å². The van der Waals surface area contributed by atoms with E-state index < -0.39 is 0 Å². The smallest absolute Gasteiger partial charge is 0.186 e. The number of rotatable bonds is 5. The predicted molar refractivity (Wildman–Crippen MR) is 75.7 cm³/mol. The number of thioether (sulfide) groups is 1. The largest absolute Gasteiger partial charge is 0.313 e. The van der Waals surface area contributed by atoms with Crippen LogP contribution in [-0.4, -0.2) is 32.6 Å². The Hall–Kier alpha value is -0.550. The molecule has 0 amide bonds. The Kier molecular flexibility index (Phi) is 5.06. The Morgan fingerprint density at radius 3 is 2.89 bits per heavy atom. The SMILES string of the molecule is CCNC1CCC(CC)CC1Sc1ncnn1C. The molecule has 0 spiro atoms. The number of aryl methyl sites for hydroxylation is 1. The van der Waals surface area contributed by atoms with Crippen LogP contribution in [0.2, 0.25) is 0 Å². The lowest BCUT2D eigenvalue weighted by molar-refractivity contribution is 0.297. The molecule has 5 heteroatoms. The molecular weight excluding hydrogens is 244 g/mol. The summed E-state index contributed by atoms with van der Waals surface area (Å²) in [5.41, 5.74) is 0. The second-order valence-corrected chi connectivity index (χ2v) is 6.28. The average Bonchev–Trinajstić information content (AvgIpc) is 2.77. The molecule has 2 rings (SSSR count). The fraction of sp³-hybridized carbons (Fsp3) is 0.846. The van der Waals surface area contributed by atoms with Crippen molar-refractivity contribution in [2.45, 2.75) is 56.0 Å². The van der Waals surface area contributed by atoms with E-state index in [1.807, 2.05) is 23.5 Å². The highest BCUT2D eigenvalue weighted by atomic mass is 32.2. The van der Waals surface area contributed by atoms with Crippen LogP contribution in [-0.2, 0) is 7.05 Å². The Morgan fingerprint density at radius 2 is 2.28 bits per heavy atom. The van der Waals surface area contributed by atoms with Gasteiger partial charge in [-0.15, -0.1) is 0 Å². The van der Waals surface area contributed by atoms with Crippen molar-refractivity contribution in [3.8, 4) is 0 Å². The lowest BCUT2D eigenvalue weighted by Crippen LogP contribution is -2.42. The van der Waals surface area contributed by atoms with Gasteiger partial charge in [-0.05, 0) is 31.7 Å². The van der Waals surface area contributed by atoms with Crippen LogP contribution in [0.4, 0.5) is 0 Å². The van der Waals surface area contributed by atoms with Crippen LogP contribution >= 0.6 is 11.8 Å². The minimum absolute atomic E-state index is 0.625. The van der Waals surface area contributed by atoms with Gasteiger partial charge in [0.15, 0.2) is 5.16 Å². The lowest BCUT2D eigenvalue weighted by Gasteiger charge is -2.35. The summed E-state index contributed by atoms with van der Waals surface area (Å²) in [6.07, 6.45) is 6.90. The fourth-order valence-corrected chi connectivity index (χ4v) is 4.08. The van der Waals surface area contributed by atoms with Crippen LogP contribution in [0.3, 0.4) is 0 Å². The summed E-state index contributed by atoms with van der Waals surface area (Å²) in [5.74, 6) is 0.880. The summed E-state index contributed by atoms with van der Waals surface area (Å²) in [6, 6.07) is 0.625. The maximum atomic E-state index is 4.34. The molecular formula is C13H24N4S. The second-order valence-electron chi connectivity index (χ2n) is 5.07. The van der Waals surface area contributed by atoms with Crippen LogP contribution in [0.5, 0.6) is 0 Å². The highest BCUT2D eigenvalue weighted by molar-refractivity contribution is 7.99. The van der Waals surface area contributed by atoms with Crippen molar-refractivity contribution in [1.29, 1.82) is 0 Å². The van der Waals surface area contributed by atoms with Gasteiger partial charge in [0.1, 0.15) is 6.33 Å². The van der Waals surface area contributed by atoms with E-state index in [0.717, 1.165) is 17.6 Å². The molecule has 1 aromatic heterocycles. The zero-order chi connectivity index (χ0) is 13.0. The first-order valence-electron chi connectivity index (χ1n) is 6.98. The molecule has 0 radical (unpaired) electrons. The van der Waals surface area contributed by atoms with Gasteiger partial charge in [0.05, 0.1) is 0 Å². The first-order chi connectivity index (χ1) is 8.74. The number of hydrogen-bond donors (Lipinski definition) is 1. The highest BCUT2D eigenvalue weighted by Crippen LogP contribution is 2.36. The van der Waals surface area contributed by atoms with Crippen LogP contribution in [0.1, 0.15) is 39.5 Å². The van der Waals surface area contributed by atoms with Gasteiger partial charge < -0.3 is 5.32 Å². The zero-order valence-electron chi connectivity index (χ0n) is 11.6. The average molecular weight is 268 g/mol. The van der Waals surface area contributed by atoms with Crippen molar-refractivity contribution in [2.24, 2.45) is 13.0 Å². The topological polar surface area (TPSA) is 42.7 Å². The van der Waals surface area contributed by atoms with Crippen molar-refractivity contribution in [3.63, 3.8) is 0 Å². The molecule has 18 heavy (non-hydrogen) atoms. The molecule has 1 fully saturated rings. The fourth-order valence-electron chi connectivity index (χ4n) is 2.74. The summed E-state index contributed by atoms with van der Waals surface area (Å²) in [6.45, 7) is 5.55. The summed E-state index contributed by atoms with van der Waals surface area (Å²) < 4.78 is 1.88. The van der Waals surface area contributed by atoms with Gasteiger partial charge in [0.2, 0.25) is 0 Å². The normalized spacial score (nSPS) is 28.5.